The third-order valence-electron chi connectivity index (χ3n) is 2.71. The number of carbonyl (C=O) groups excluding carboxylic acids is 1. The molecule has 0 aliphatic rings. The number of thioether (sulfide) groups is 2. The van der Waals surface area contributed by atoms with Gasteiger partial charge in [-0.05, 0) is 54.8 Å². The number of hydrazone groups is 1. The van der Waals surface area contributed by atoms with Crippen molar-refractivity contribution in [2.75, 3.05) is 11.7 Å². The fourth-order valence-electron chi connectivity index (χ4n) is 1.57. The van der Waals surface area contributed by atoms with E-state index in [-0.39, 0.29) is 5.78 Å². The third kappa shape index (κ3) is 5.09. The Bertz CT molecular complexity index is 670. The second-order valence-electron chi connectivity index (χ2n) is 4.37. The SMILES string of the molecule is CSc1ccc(NN=C(Sc2ccc(Cl)cc2)C(C)=O)cc1. The molecule has 0 amide bonds. The Kier molecular flexibility index (Phi) is 6.36. The van der Waals surface area contributed by atoms with E-state index in [2.05, 4.69) is 10.5 Å². The molecule has 22 heavy (non-hydrogen) atoms. The van der Waals surface area contributed by atoms with Crippen LogP contribution < -0.4 is 5.43 Å². The fourth-order valence-corrected chi connectivity index (χ4v) is 2.83. The van der Waals surface area contributed by atoms with Crippen LogP contribution in [0.1, 0.15) is 6.92 Å². The molecule has 0 radical (unpaired) electrons. The maximum Gasteiger partial charge on any atom is 0.186 e. The van der Waals surface area contributed by atoms with Gasteiger partial charge in [0.15, 0.2) is 10.8 Å². The average molecular weight is 351 g/mol. The molecule has 1 N–H and O–H groups in total. The number of carbonyl (C=O) groups is 1. The number of benzene rings is 2. The zero-order valence-electron chi connectivity index (χ0n) is 12.2. The largest absolute Gasteiger partial charge is 0.292 e. The Morgan fingerprint density at radius 1 is 1.05 bits per heavy atom. The van der Waals surface area contributed by atoms with Crippen LogP contribution in [0.2, 0.25) is 5.02 Å². The molecule has 2 aromatic rings. The quantitative estimate of drug-likeness (QED) is 0.349. The summed E-state index contributed by atoms with van der Waals surface area (Å²) in [7, 11) is 0. The van der Waals surface area contributed by atoms with Gasteiger partial charge in [-0.15, -0.1) is 11.8 Å². The van der Waals surface area contributed by atoms with Gasteiger partial charge in [-0.3, -0.25) is 10.2 Å². The molecular formula is C16H15ClN2OS2. The van der Waals surface area contributed by atoms with Crippen molar-refractivity contribution < 1.29 is 4.79 Å². The lowest BCUT2D eigenvalue weighted by molar-refractivity contribution is -0.110. The molecule has 0 saturated heterocycles. The zero-order valence-corrected chi connectivity index (χ0v) is 14.6. The lowest BCUT2D eigenvalue weighted by Crippen LogP contribution is -2.08. The molecule has 6 heteroatoms. The highest BCUT2D eigenvalue weighted by Crippen LogP contribution is 2.23. The van der Waals surface area contributed by atoms with E-state index in [1.165, 1.54) is 23.6 Å². The van der Waals surface area contributed by atoms with E-state index in [1.807, 2.05) is 42.7 Å². The van der Waals surface area contributed by atoms with Crippen molar-refractivity contribution in [1.82, 2.24) is 0 Å². The van der Waals surface area contributed by atoms with Crippen LogP contribution in [0.3, 0.4) is 0 Å². The van der Waals surface area contributed by atoms with E-state index in [9.17, 15) is 4.79 Å². The predicted molar refractivity (Wildman–Crippen MR) is 97.3 cm³/mol. The summed E-state index contributed by atoms with van der Waals surface area (Å²) in [5.74, 6) is -0.0896. The molecule has 0 unspecified atom stereocenters. The van der Waals surface area contributed by atoms with Crippen molar-refractivity contribution in [3.63, 3.8) is 0 Å². The molecule has 0 aliphatic heterocycles. The minimum Gasteiger partial charge on any atom is -0.292 e. The van der Waals surface area contributed by atoms with Crippen molar-refractivity contribution >= 4 is 51.6 Å². The first-order chi connectivity index (χ1) is 10.6. The van der Waals surface area contributed by atoms with Gasteiger partial charge in [0.05, 0.1) is 5.69 Å². The van der Waals surface area contributed by atoms with E-state index in [1.54, 1.807) is 23.9 Å². The van der Waals surface area contributed by atoms with E-state index < -0.39 is 0 Å². The number of halogens is 1. The first-order valence-corrected chi connectivity index (χ1v) is 8.92. The number of anilines is 1. The van der Waals surface area contributed by atoms with Gasteiger partial charge in [0.25, 0.3) is 0 Å². The average Bonchev–Trinajstić information content (AvgIpc) is 2.53. The standard InChI is InChI=1S/C16H15ClN2OS2/c1-11(20)16(22-15-7-3-12(17)4-8-15)19-18-13-5-9-14(21-2)10-6-13/h3-10,18H,1-2H3. The van der Waals surface area contributed by atoms with Crippen LogP contribution >= 0.6 is 35.1 Å². The van der Waals surface area contributed by atoms with Crippen molar-refractivity contribution in [1.29, 1.82) is 0 Å². The number of rotatable bonds is 5. The molecule has 0 heterocycles. The van der Waals surface area contributed by atoms with E-state index >= 15 is 0 Å². The number of Topliss-reactive ketones (excluding diaryl/α,β-unsaturated/α-hetero) is 1. The summed E-state index contributed by atoms with van der Waals surface area (Å²) < 4.78 is 0. The highest BCUT2D eigenvalue weighted by atomic mass is 35.5. The highest BCUT2D eigenvalue weighted by molar-refractivity contribution is 8.15. The highest BCUT2D eigenvalue weighted by Gasteiger charge is 2.08. The second-order valence-corrected chi connectivity index (χ2v) is 6.75. The number of nitrogens with one attached hydrogen (secondary N) is 1. The lowest BCUT2D eigenvalue weighted by Gasteiger charge is -2.05. The van der Waals surface area contributed by atoms with Crippen LogP contribution in [0.4, 0.5) is 5.69 Å². The molecule has 0 bridgehead atoms. The topological polar surface area (TPSA) is 41.5 Å². The van der Waals surface area contributed by atoms with Crippen LogP contribution in [0.15, 0.2) is 63.4 Å². The minimum atomic E-state index is -0.0896. The molecule has 2 aromatic carbocycles. The number of ketones is 1. The summed E-state index contributed by atoms with van der Waals surface area (Å²) in [4.78, 5) is 13.8. The molecule has 0 atom stereocenters. The summed E-state index contributed by atoms with van der Waals surface area (Å²) in [5, 5.41) is 5.27. The monoisotopic (exact) mass is 350 g/mol. The summed E-state index contributed by atoms with van der Waals surface area (Å²) in [6.07, 6.45) is 2.02. The van der Waals surface area contributed by atoms with Crippen molar-refractivity contribution in [2.45, 2.75) is 16.7 Å². The summed E-state index contributed by atoms with van der Waals surface area (Å²) in [6, 6.07) is 15.2. The maximum absolute atomic E-state index is 11.7. The van der Waals surface area contributed by atoms with E-state index in [0.717, 1.165) is 10.6 Å². The van der Waals surface area contributed by atoms with Gasteiger partial charge in [-0.25, -0.2) is 0 Å². The van der Waals surface area contributed by atoms with Crippen LogP contribution in [-0.4, -0.2) is 17.1 Å². The van der Waals surface area contributed by atoms with E-state index in [0.29, 0.717) is 10.1 Å². The zero-order chi connectivity index (χ0) is 15.9. The molecule has 3 nitrogen and oxygen atoms in total. The smallest absolute Gasteiger partial charge is 0.186 e. The normalized spacial score (nSPS) is 11.3. The summed E-state index contributed by atoms with van der Waals surface area (Å²) in [6.45, 7) is 1.50. The number of hydrogen-bond donors (Lipinski definition) is 1. The Balaban J connectivity index is 2.09. The second kappa shape index (κ2) is 8.27. The Hall–Kier alpha value is -1.43. The third-order valence-corrected chi connectivity index (χ3v) is 4.78. The first kappa shape index (κ1) is 16.9. The molecule has 0 spiro atoms. The van der Waals surface area contributed by atoms with Crippen LogP contribution in [0.25, 0.3) is 0 Å². The summed E-state index contributed by atoms with van der Waals surface area (Å²) in [5.41, 5.74) is 3.76. The van der Waals surface area contributed by atoms with Gasteiger partial charge >= 0.3 is 0 Å². The molecule has 2 rings (SSSR count). The number of nitrogens with zero attached hydrogens (tertiary/aromatic N) is 1. The molecule has 0 saturated carbocycles. The molecule has 114 valence electrons. The fraction of sp³-hybridized carbons (Fsp3) is 0.125. The Labute approximate surface area is 143 Å². The van der Waals surface area contributed by atoms with Gasteiger partial charge in [0, 0.05) is 21.7 Å². The maximum atomic E-state index is 11.7. The Morgan fingerprint density at radius 3 is 2.18 bits per heavy atom. The van der Waals surface area contributed by atoms with E-state index in [4.69, 9.17) is 11.6 Å². The predicted octanol–water partition coefficient (Wildman–Crippen LogP) is 5.17. The van der Waals surface area contributed by atoms with Crippen LogP contribution in [0.5, 0.6) is 0 Å². The van der Waals surface area contributed by atoms with Gasteiger partial charge < -0.3 is 0 Å². The molecule has 0 fully saturated rings. The summed E-state index contributed by atoms with van der Waals surface area (Å²) >= 11 is 8.84. The molecular weight excluding hydrogens is 336 g/mol. The van der Waals surface area contributed by atoms with Crippen molar-refractivity contribution in [2.24, 2.45) is 5.10 Å². The van der Waals surface area contributed by atoms with Crippen LogP contribution in [0, 0.1) is 0 Å². The van der Waals surface area contributed by atoms with Crippen LogP contribution in [-0.2, 0) is 4.79 Å². The first-order valence-electron chi connectivity index (χ1n) is 6.50. The van der Waals surface area contributed by atoms with Gasteiger partial charge in [0.2, 0.25) is 0 Å². The van der Waals surface area contributed by atoms with Gasteiger partial charge in [-0.2, -0.15) is 5.10 Å². The minimum absolute atomic E-state index is 0.0896. The van der Waals surface area contributed by atoms with Gasteiger partial charge in [-0.1, -0.05) is 23.4 Å². The molecule has 0 aromatic heterocycles. The lowest BCUT2D eigenvalue weighted by atomic mass is 10.3. The number of hydrogen-bond acceptors (Lipinski definition) is 5. The van der Waals surface area contributed by atoms with Crippen molar-refractivity contribution in [3.8, 4) is 0 Å². The Morgan fingerprint density at radius 2 is 1.64 bits per heavy atom. The van der Waals surface area contributed by atoms with Crippen molar-refractivity contribution in [3.05, 3.63) is 53.6 Å². The van der Waals surface area contributed by atoms with Gasteiger partial charge in [0.1, 0.15) is 0 Å². The molecule has 0 aliphatic carbocycles.